The van der Waals surface area contributed by atoms with Crippen molar-refractivity contribution in [2.75, 3.05) is 5.32 Å². The summed E-state index contributed by atoms with van der Waals surface area (Å²) in [6.07, 6.45) is 0. The molecule has 0 atom stereocenters. The first-order valence-electron chi connectivity index (χ1n) is 6.47. The van der Waals surface area contributed by atoms with E-state index in [2.05, 4.69) is 20.1 Å². The van der Waals surface area contributed by atoms with Crippen molar-refractivity contribution in [3.8, 4) is 0 Å². The summed E-state index contributed by atoms with van der Waals surface area (Å²) < 4.78 is 2.09. The van der Waals surface area contributed by atoms with Crippen LogP contribution in [0.2, 0.25) is 0 Å². The maximum Gasteiger partial charge on any atom is 0.292 e. The van der Waals surface area contributed by atoms with E-state index in [1.165, 1.54) is 6.07 Å². The van der Waals surface area contributed by atoms with Gasteiger partial charge in [0.05, 0.1) is 22.9 Å². The Hall–Kier alpha value is -2.41. The van der Waals surface area contributed by atoms with Gasteiger partial charge in [0, 0.05) is 17.1 Å². The van der Waals surface area contributed by atoms with Gasteiger partial charge in [-0.2, -0.15) is 0 Å². The molecular formula is C14H14N4O2S. The predicted octanol–water partition coefficient (Wildman–Crippen LogP) is 3.53. The number of para-hydroxylation sites is 2. The van der Waals surface area contributed by atoms with Crippen LogP contribution in [0.3, 0.4) is 0 Å². The molecule has 0 spiro atoms. The third kappa shape index (κ3) is 2.36. The number of nitrogens with one attached hydrogen (secondary N) is 1. The number of fused-ring (bicyclic) bond motifs is 1. The number of rotatable bonds is 4. The Morgan fingerprint density at radius 1 is 1.38 bits per heavy atom. The van der Waals surface area contributed by atoms with Crippen LogP contribution in [0.1, 0.15) is 17.1 Å². The summed E-state index contributed by atoms with van der Waals surface area (Å²) in [5.41, 5.74) is 3.69. The molecule has 0 aliphatic carbocycles. The van der Waals surface area contributed by atoms with E-state index in [-0.39, 0.29) is 10.6 Å². The molecule has 21 heavy (non-hydrogen) atoms. The highest BCUT2D eigenvalue weighted by molar-refractivity contribution is 7.15. The molecule has 0 fully saturated rings. The molecule has 0 radical (unpaired) electrons. The second kappa shape index (κ2) is 5.17. The number of thiazole rings is 1. The molecule has 1 N–H and O–H groups in total. The Labute approximate surface area is 125 Å². The van der Waals surface area contributed by atoms with E-state index in [1.807, 2.05) is 13.8 Å². The van der Waals surface area contributed by atoms with Crippen LogP contribution in [0.5, 0.6) is 0 Å². The first-order chi connectivity index (χ1) is 10.1. The standard InChI is InChI=1S/C14H14N4O2S/c1-9-8-21-14-16-10(2)13(17(9)14)7-15-11-5-3-4-6-12(11)18(19)20/h3-6,8,15H,7H2,1-2H3. The summed E-state index contributed by atoms with van der Waals surface area (Å²) in [7, 11) is 0. The maximum absolute atomic E-state index is 11.0. The van der Waals surface area contributed by atoms with Crippen molar-refractivity contribution in [2.45, 2.75) is 20.4 Å². The largest absolute Gasteiger partial charge is 0.374 e. The molecular weight excluding hydrogens is 288 g/mol. The fourth-order valence-corrected chi connectivity index (χ4v) is 3.27. The molecule has 3 aromatic rings. The van der Waals surface area contributed by atoms with Gasteiger partial charge >= 0.3 is 0 Å². The van der Waals surface area contributed by atoms with Gasteiger partial charge in [-0.3, -0.25) is 14.5 Å². The number of benzene rings is 1. The molecule has 0 amide bonds. The molecule has 3 rings (SSSR count). The lowest BCUT2D eigenvalue weighted by Gasteiger charge is -2.08. The quantitative estimate of drug-likeness (QED) is 0.591. The molecule has 2 heterocycles. The van der Waals surface area contributed by atoms with Gasteiger partial charge in [-0.25, -0.2) is 4.98 Å². The van der Waals surface area contributed by atoms with Crippen molar-refractivity contribution in [3.05, 3.63) is 56.8 Å². The van der Waals surface area contributed by atoms with E-state index in [1.54, 1.807) is 29.5 Å². The van der Waals surface area contributed by atoms with Crippen molar-refractivity contribution in [2.24, 2.45) is 0 Å². The molecule has 2 aromatic heterocycles. The summed E-state index contributed by atoms with van der Waals surface area (Å²) in [6, 6.07) is 6.65. The third-order valence-corrected chi connectivity index (χ3v) is 4.32. The van der Waals surface area contributed by atoms with Gasteiger partial charge in [-0.05, 0) is 19.9 Å². The summed E-state index contributed by atoms with van der Waals surface area (Å²) in [6.45, 7) is 4.48. The Balaban J connectivity index is 1.92. The highest BCUT2D eigenvalue weighted by Crippen LogP contribution is 2.25. The monoisotopic (exact) mass is 302 g/mol. The summed E-state index contributed by atoms with van der Waals surface area (Å²) >= 11 is 1.59. The Bertz CT molecular complexity index is 822. The second-order valence-electron chi connectivity index (χ2n) is 4.77. The van der Waals surface area contributed by atoms with E-state index in [0.29, 0.717) is 12.2 Å². The van der Waals surface area contributed by atoms with Crippen molar-refractivity contribution in [1.82, 2.24) is 9.38 Å². The van der Waals surface area contributed by atoms with Crippen molar-refractivity contribution in [1.29, 1.82) is 0 Å². The third-order valence-electron chi connectivity index (χ3n) is 3.38. The van der Waals surface area contributed by atoms with Crippen LogP contribution in [0.4, 0.5) is 11.4 Å². The van der Waals surface area contributed by atoms with Gasteiger partial charge < -0.3 is 5.32 Å². The van der Waals surface area contributed by atoms with E-state index >= 15 is 0 Å². The van der Waals surface area contributed by atoms with Crippen LogP contribution in [0.15, 0.2) is 29.6 Å². The fraction of sp³-hybridized carbons (Fsp3) is 0.214. The Kier molecular flexibility index (Phi) is 3.34. The normalized spacial score (nSPS) is 11.0. The molecule has 7 heteroatoms. The number of nitro benzene ring substituents is 1. The lowest BCUT2D eigenvalue weighted by atomic mass is 10.2. The SMILES string of the molecule is Cc1nc2scc(C)n2c1CNc1ccccc1[N+](=O)[O-]. The maximum atomic E-state index is 11.0. The number of hydrogen-bond donors (Lipinski definition) is 1. The minimum Gasteiger partial charge on any atom is -0.374 e. The lowest BCUT2D eigenvalue weighted by molar-refractivity contribution is -0.384. The predicted molar refractivity (Wildman–Crippen MR) is 83.0 cm³/mol. The summed E-state index contributed by atoms with van der Waals surface area (Å²) in [5.74, 6) is 0. The van der Waals surface area contributed by atoms with Crippen LogP contribution in [-0.2, 0) is 6.54 Å². The first kappa shape index (κ1) is 13.6. The average molecular weight is 302 g/mol. The van der Waals surface area contributed by atoms with E-state index in [9.17, 15) is 10.1 Å². The topological polar surface area (TPSA) is 72.5 Å². The number of hydrogen-bond acceptors (Lipinski definition) is 5. The molecule has 108 valence electrons. The fourth-order valence-electron chi connectivity index (χ4n) is 2.34. The highest BCUT2D eigenvalue weighted by Gasteiger charge is 2.15. The van der Waals surface area contributed by atoms with Gasteiger partial charge in [-0.15, -0.1) is 11.3 Å². The van der Waals surface area contributed by atoms with Gasteiger partial charge in [0.2, 0.25) is 0 Å². The van der Waals surface area contributed by atoms with Gasteiger partial charge in [0.1, 0.15) is 5.69 Å². The number of nitro groups is 1. The zero-order valence-corrected chi connectivity index (χ0v) is 12.5. The lowest BCUT2D eigenvalue weighted by Crippen LogP contribution is -2.06. The van der Waals surface area contributed by atoms with Crippen LogP contribution in [-0.4, -0.2) is 14.3 Å². The van der Waals surface area contributed by atoms with Crippen LogP contribution in [0, 0.1) is 24.0 Å². The van der Waals surface area contributed by atoms with Gasteiger partial charge in [0.25, 0.3) is 5.69 Å². The zero-order chi connectivity index (χ0) is 15.0. The molecule has 1 aromatic carbocycles. The van der Waals surface area contributed by atoms with Crippen LogP contribution in [0.25, 0.3) is 4.96 Å². The molecule has 0 saturated heterocycles. The molecule has 0 bridgehead atoms. The van der Waals surface area contributed by atoms with E-state index < -0.39 is 0 Å². The zero-order valence-electron chi connectivity index (χ0n) is 11.7. The second-order valence-corrected chi connectivity index (χ2v) is 5.60. The first-order valence-corrected chi connectivity index (χ1v) is 7.35. The van der Waals surface area contributed by atoms with Gasteiger partial charge in [-0.1, -0.05) is 12.1 Å². The molecule has 0 aliphatic heterocycles. The molecule has 0 saturated carbocycles. The minimum atomic E-state index is -0.378. The number of aromatic nitrogens is 2. The summed E-state index contributed by atoms with van der Waals surface area (Å²) in [4.78, 5) is 16.1. The van der Waals surface area contributed by atoms with Crippen molar-refractivity contribution in [3.63, 3.8) is 0 Å². The number of imidazole rings is 1. The number of nitrogens with zero attached hydrogens (tertiary/aromatic N) is 3. The number of anilines is 1. The Morgan fingerprint density at radius 2 is 2.14 bits per heavy atom. The molecule has 6 nitrogen and oxygen atoms in total. The highest BCUT2D eigenvalue weighted by atomic mass is 32.1. The van der Waals surface area contributed by atoms with E-state index in [0.717, 1.165) is 22.0 Å². The molecule has 0 aliphatic rings. The average Bonchev–Trinajstić information content (AvgIpc) is 2.96. The summed E-state index contributed by atoms with van der Waals surface area (Å²) in [5, 5.41) is 16.2. The Morgan fingerprint density at radius 3 is 2.90 bits per heavy atom. The van der Waals surface area contributed by atoms with Crippen molar-refractivity contribution >= 4 is 27.7 Å². The minimum absolute atomic E-state index is 0.0814. The van der Waals surface area contributed by atoms with E-state index in [4.69, 9.17) is 0 Å². The van der Waals surface area contributed by atoms with Crippen molar-refractivity contribution < 1.29 is 4.92 Å². The van der Waals surface area contributed by atoms with Gasteiger partial charge in [0.15, 0.2) is 4.96 Å². The molecule has 0 unspecified atom stereocenters. The number of aryl methyl sites for hydroxylation is 2. The van der Waals surface area contributed by atoms with Crippen LogP contribution >= 0.6 is 11.3 Å². The van der Waals surface area contributed by atoms with Crippen LogP contribution < -0.4 is 5.32 Å². The smallest absolute Gasteiger partial charge is 0.292 e.